The highest BCUT2D eigenvalue weighted by Gasteiger charge is 2.25. The number of β-amino-alcohol motifs (C(OH)–C–C–N with tert-alkyl or cyclic N) is 1. The minimum Gasteiger partial charge on any atom is -0.389 e. The fraction of sp³-hybridized carbons (Fsp3) is 0.500. The molecule has 8 heteroatoms. The van der Waals surface area contributed by atoms with Crippen LogP contribution in [0.5, 0.6) is 0 Å². The Morgan fingerprint density at radius 2 is 2.00 bits per heavy atom. The summed E-state index contributed by atoms with van der Waals surface area (Å²) in [6, 6.07) is 3.59. The van der Waals surface area contributed by atoms with Crippen molar-refractivity contribution in [2.24, 2.45) is 7.05 Å². The second kappa shape index (κ2) is 7.43. The predicted octanol–water partition coefficient (Wildman–Crippen LogP) is 1.40. The maximum atomic E-state index is 12.5. The number of pyridine rings is 1. The smallest absolute Gasteiger partial charge is 0.323 e. The Labute approximate surface area is 153 Å². The van der Waals surface area contributed by atoms with Gasteiger partial charge < -0.3 is 10.0 Å². The van der Waals surface area contributed by atoms with Crippen molar-refractivity contribution in [1.29, 1.82) is 0 Å². The number of nitrogens with one attached hydrogen (secondary N) is 1. The molecule has 3 rings (SSSR count). The van der Waals surface area contributed by atoms with Gasteiger partial charge in [0, 0.05) is 57.7 Å². The molecule has 0 spiro atoms. The average molecular weight is 358 g/mol. The Hall–Kier alpha value is -2.45. The fourth-order valence-corrected chi connectivity index (χ4v) is 3.09. The van der Waals surface area contributed by atoms with Gasteiger partial charge in [-0.3, -0.25) is 14.9 Å². The van der Waals surface area contributed by atoms with E-state index in [2.05, 4.69) is 20.3 Å². The van der Waals surface area contributed by atoms with E-state index in [9.17, 15) is 9.90 Å². The molecule has 2 aromatic heterocycles. The van der Waals surface area contributed by atoms with Gasteiger partial charge in [0.2, 0.25) is 0 Å². The van der Waals surface area contributed by atoms with Crippen molar-refractivity contribution in [3.05, 3.63) is 30.7 Å². The van der Waals surface area contributed by atoms with Gasteiger partial charge in [0.15, 0.2) is 0 Å². The summed E-state index contributed by atoms with van der Waals surface area (Å²) in [5.74, 6) is 0.523. The first-order valence-electron chi connectivity index (χ1n) is 8.76. The maximum Gasteiger partial charge on any atom is 0.323 e. The molecule has 1 saturated heterocycles. The Kier molecular flexibility index (Phi) is 5.24. The Bertz CT molecular complexity index is 759. The lowest BCUT2D eigenvalue weighted by Crippen LogP contribution is -2.52. The van der Waals surface area contributed by atoms with E-state index in [0.29, 0.717) is 25.5 Å². The largest absolute Gasteiger partial charge is 0.389 e. The van der Waals surface area contributed by atoms with Crippen LogP contribution >= 0.6 is 0 Å². The van der Waals surface area contributed by atoms with E-state index in [1.54, 1.807) is 35.8 Å². The minimum absolute atomic E-state index is 0.149. The zero-order valence-corrected chi connectivity index (χ0v) is 15.5. The maximum absolute atomic E-state index is 12.5. The number of urea groups is 1. The number of aromatic nitrogens is 3. The zero-order chi connectivity index (χ0) is 18.7. The van der Waals surface area contributed by atoms with Gasteiger partial charge in [-0.25, -0.2) is 9.78 Å². The number of piperazine rings is 1. The summed E-state index contributed by atoms with van der Waals surface area (Å²) < 4.78 is 1.74. The quantitative estimate of drug-likeness (QED) is 0.863. The summed E-state index contributed by atoms with van der Waals surface area (Å²) in [4.78, 5) is 20.7. The summed E-state index contributed by atoms with van der Waals surface area (Å²) in [5.41, 5.74) is 1.21. The number of carbonyl (C=O) groups is 1. The standard InChI is InChI=1S/C18H26N6O2/c1-18(2,26)13-23-6-8-24(9-7-23)17(25)21-16-10-14(4-5-19-16)15-11-20-22(3)12-15/h4-5,10-12,26H,6-9,13H2,1-3H3,(H,19,21,25). The first-order chi connectivity index (χ1) is 12.3. The third-order valence-corrected chi connectivity index (χ3v) is 4.30. The number of hydrogen-bond donors (Lipinski definition) is 2. The van der Waals surface area contributed by atoms with Gasteiger partial charge in [-0.2, -0.15) is 5.10 Å². The molecule has 0 atom stereocenters. The van der Waals surface area contributed by atoms with E-state index in [1.807, 2.05) is 25.4 Å². The van der Waals surface area contributed by atoms with Crippen molar-refractivity contribution < 1.29 is 9.90 Å². The molecule has 1 aliphatic rings. The van der Waals surface area contributed by atoms with Gasteiger partial charge in [0.05, 0.1) is 11.8 Å². The second-order valence-electron chi connectivity index (χ2n) is 7.34. The summed E-state index contributed by atoms with van der Waals surface area (Å²) in [5, 5.41) is 17.0. The summed E-state index contributed by atoms with van der Waals surface area (Å²) in [6.45, 7) is 6.96. The molecule has 1 fully saturated rings. The molecule has 2 amide bonds. The number of aliphatic hydroxyl groups is 1. The molecule has 0 radical (unpaired) electrons. The lowest BCUT2D eigenvalue weighted by atomic mass is 10.1. The molecule has 3 heterocycles. The fourth-order valence-electron chi connectivity index (χ4n) is 3.09. The van der Waals surface area contributed by atoms with Gasteiger partial charge >= 0.3 is 6.03 Å². The summed E-state index contributed by atoms with van der Waals surface area (Å²) >= 11 is 0. The lowest BCUT2D eigenvalue weighted by Gasteiger charge is -2.37. The molecule has 1 aliphatic heterocycles. The number of nitrogens with zero attached hydrogens (tertiary/aromatic N) is 5. The van der Waals surface area contributed by atoms with E-state index in [0.717, 1.165) is 24.2 Å². The number of carbonyl (C=O) groups excluding carboxylic acids is 1. The lowest BCUT2D eigenvalue weighted by molar-refractivity contribution is 0.0231. The van der Waals surface area contributed by atoms with Crippen LogP contribution in [-0.4, -0.2) is 74.0 Å². The number of aryl methyl sites for hydroxylation is 1. The first-order valence-corrected chi connectivity index (χ1v) is 8.76. The van der Waals surface area contributed by atoms with Crippen LogP contribution in [0.4, 0.5) is 10.6 Å². The second-order valence-corrected chi connectivity index (χ2v) is 7.34. The van der Waals surface area contributed by atoms with Crippen LogP contribution in [0.15, 0.2) is 30.7 Å². The van der Waals surface area contributed by atoms with Crippen molar-refractivity contribution in [2.45, 2.75) is 19.4 Å². The Balaban J connectivity index is 1.57. The predicted molar refractivity (Wildman–Crippen MR) is 99.8 cm³/mol. The monoisotopic (exact) mass is 358 g/mol. The van der Waals surface area contributed by atoms with Crippen LogP contribution in [0.2, 0.25) is 0 Å². The van der Waals surface area contributed by atoms with Crippen molar-refractivity contribution in [1.82, 2.24) is 24.6 Å². The van der Waals surface area contributed by atoms with Crippen LogP contribution in [0.25, 0.3) is 11.1 Å². The van der Waals surface area contributed by atoms with Crippen molar-refractivity contribution in [3.8, 4) is 11.1 Å². The molecule has 26 heavy (non-hydrogen) atoms. The first kappa shape index (κ1) is 18.3. The van der Waals surface area contributed by atoms with Crippen LogP contribution in [-0.2, 0) is 7.05 Å². The molecule has 140 valence electrons. The van der Waals surface area contributed by atoms with Crippen LogP contribution < -0.4 is 5.32 Å². The third kappa shape index (κ3) is 4.80. The molecular formula is C18H26N6O2. The van der Waals surface area contributed by atoms with Gasteiger partial charge in [-0.15, -0.1) is 0 Å². The molecule has 2 N–H and O–H groups in total. The topological polar surface area (TPSA) is 86.5 Å². The van der Waals surface area contributed by atoms with Crippen molar-refractivity contribution in [2.75, 3.05) is 38.0 Å². The van der Waals surface area contributed by atoms with E-state index in [4.69, 9.17) is 0 Å². The van der Waals surface area contributed by atoms with E-state index >= 15 is 0 Å². The average Bonchev–Trinajstić information content (AvgIpc) is 3.01. The van der Waals surface area contributed by atoms with Crippen molar-refractivity contribution in [3.63, 3.8) is 0 Å². The Morgan fingerprint density at radius 1 is 1.27 bits per heavy atom. The number of amides is 2. The molecular weight excluding hydrogens is 332 g/mol. The highest BCUT2D eigenvalue weighted by molar-refractivity contribution is 5.89. The van der Waals surface area contributed by atoms with E-state index in [-0.39, 0.29) is 6.03 Å². The molecule has 8 nitrogen and oxygen atoms in total. The van der Waals surface area contributed by atoms with Crippen molar-refractivity contribution >= 4 is 11.8 Å². The molecule has 0 aliphatic carbocycles. The molecule has 0 unspecified atom stereocenters. The number of rotatable bonds is 4. The van der Waals surface area contributed by atoms with E-state index < -0.39 is 5.60 Å². The highest BCUT2D eigenvalue weighted by atomic mass is 16.3. The van der Waals surface area contributed by atoms with Gasteiger partial charge in [0.25, 0.3) is 0 Å². The molecule has 0 bridgehead atoms. The minimum atomic E-state index is -0.721. The highest BCUT2D eigenvalue weighted by Crippen LogP contribution is 2.20. The Morgan fingerprint density at radius 3 is 2.62 bits per heavy atom. The summed E-state index contributed by atoms with van der Waals surface area (Å²) in [7, 11) is 1.87. The normalized spacial score (nSPS) is 15.9. The molecule has 0 saturated carbocycles. The van der Waals surface area contributed by atoms with Gasteiger partial charge in [-0.05, 0) is 31.5 Å². The van der Waals surface area contributed by atoms with Gasteiger partial charge in [-0.1, -0.05) is 0 Å². The summed E-state index contributed by atoms with van der Waals surface area (Å²) in [6.07, 6.45) is 5.38. The van der Waals surface area contributed by atoms with Gasteiger partial charge in [0.1, 0.15) is 5.82 Å². The van der Waals surface area contributed by atoms with Crippen LogP contribution in [0.1, 0.15) is 13.8 Å². The number of hydrogen-bond acceptors (Lipinski definition) is 5. The third-order valence-electron chi connectivity index (χ3n) is 4.30. The molecule has 2 aromatic rings. The number of anilines is 1. The zero-order valence-electron chi connectivity index (χ0n) is 15.5. The SMILES string of the molecule is Cn1cc(-c2ccnc(NC(=O)N3CCN(CC(C)(C)O)CC3)c2)cn1. The van der Waals surface area contributed by atoms with Crippen LogP contribution in [0.3, 0.4) is 0 Å². The van der Waals surface area contributed by atoms with E-state index in [1.165, 1.54) is 0 Å². The van der Waals surface area contributed by atoms with Crippen LogP contribution in [0, 0.1) is 0 Å². The molecule has 0 aromatic carbocycles.